The number of hydrogen-bond donors (Lipinski definition) is 2. The minimum atomic E-state index is 0.303. The van der Waals surface area contributed by atoms with Crippen LogP contribution in [0, 0.1) is 5.92 Å². The first-order chi connectivity index (χ1) is 7.79. The van der Waals surface area contributed by atoms with Crippen LogP contribution in [0.2, 0.25) is 0 Å². The molecule has 2 atom stereocenters. The molecule has 88 valence electrons. The Morgan fingerprint density at radius 1 is 1.56 bits per heavy atom. The molecule has 3 nitrogen and oxygen atoms in total. The Morgan fingerprint density at radius 2 is 2.44 bits per heavy atom. The number of halogens is 1. The van der Waals surface area contributed by atoms with E-state index in [1.807, 2.05) is 6.07 Å². The second-order valence-corrected chi connectivity index (χ2v) is 5.15. The summed E-state index contributed by atoms with van der Waals surface area (Å²) < 4.78 is 6.51. The van der Waals surface area contributed by atoms with E-state index in [1.54, 1.807) is 0 Å². The maximum Gasteiger partial charge on any atom is 0.0510 e. The van der Waals surface area contributed by atoms with Gasteiger partial charge in [-0.3, -0.25) is 11.3 Å². The van der Waals surface area contributed by atoms with Crippen LogP contribution < -0.4 is 11.3 Å². The number of nitrogens with two attached hydrogens (primary N) is 1. The van der Waals surface area contributed by atoms with Crippen LogP contribution in [0.15, 0.2) is 28.7 Å². The van der Waals surface area contributed by atoms with Gasteiger partial charge in [-0.2, -0.15) is 0 Å². The van der Waals surface area contributed by atoms with Crippen LogP contribution in [0.3, 0.4) is 0 Å². The molecular weight excluding hydrogens is 268 g/mol. The van der Waals surface area contributed by atoms with Crippen molar-refractivity contribution in [3.05, 3.63) is 34.3 Å². The molecule has 4 heteroatoms. The van der Waals surface area contributed by atoms with Crippen molar-refractivity contribution in [3.8, 4) is 0 Å². The van der Waals surface area contributed by atoms with Gasteiger partial charge in [0.1, 0.15) is 0 Å². The lowest BCUT2D eigenvalue weighted by Gasteiger charge is -2.21. The fraction of sp³-hybridized carbons (Fsp3) is 0.500. The lowest BCUT2D eigenvalue weighted by atomic mass is 9.93. The number of benzene rings is 1. The average molecular weight is 285 g/mol. The first-order valence-electron chi connectivity index (χ1n) is 5.58. The highest BCUT2D eigenvalue weighted by Gasteiger charge is 2.24. The summed E-state index contributed by atoms with van der Waals surface area (Å²) >= 11 is 3.48. The molecule has 1 aliphatic rings. The molecule has 1 aliphatic heterocycles. The molecule has 1 aromatic rings. The smallest absolute Gasteiger partial charge is 0.0510 e. The first-order valence-corrected chi connectivity index (χ1v) is 6.37. The summed E-state index contributed by atoms with van der Waals surface area (Å²) in [6.07, 6.45) is 2.05. The fourth-order valence-electron chi connectivity index (χ4n) is 2.15. The monoisotopic (exact) mass is 284 g/mol. The van der Waals surface area contributed by atoms with Gasteiger partial charge in [-0.25, -0.2) is 0 Å². The molecule has 1 fully saturated rings. The molecule has 0 amide bonds. The van der Waals surface area contributed by atoms with Gasteiger partial charge in [-0.15, -0.1) is 0 Å². The Bertz CT molecular complexity index is 340. The van der Waals surface area contributed by atoms with Gasteiger partial charge in [0.25, 0.3) is 0 Å². The van der Waals surface area contributed by atoms with E-state index in [4.69, 9.17) is 10.6 Å². The summed E-state index contributed by atoms with van der Waals surface area (Å²) in [5.41, 5.74) is 4.21. The van der Waals surface area contributed by atoms with Crippen molar-refractivity contribution in [2.45, 2.75) is 18.9 Å². The zero-order valence-corrected chi connectivity index (χ0v) is 10.7. The topological polar surface area (TPSA) is 47.3 Å². The Hall–Kier alpha value is -0.420. The highest BCUT2D eigenvalue weighted by atomic mass is 79.9. The minimum absolute atomic E-state index is 0.303. The van der Waals surface area contributed by atoms with Crippen LogP contribution >= 0.6 is 15.9 Å². The molecule has 3 N–H and O–H groups in total. The molecule has 1 saturated heterocycles. The van der Waals surface area contributed by atoms with E-state index in [0.717, 1.165) is 30.5 Å². The van der Waals surface area contributed by atoms with Crippen LogP contribution in [-0.2, 0) is 11.2 Å². The van der Waals surface area contributed by atoms with Gasteiger partial charge in [0.05, 0.1) is 6.61 Å². The molecule has 1 heterocycles. The summed E-state index contributed by atoms with van der Waals surface area (Å²) in [7, 11) is 0. The molecule has 1 aromatic carbocycles. The Balaban J connectivity index is 2.00. The minimum Gasteiger partial charge on any atom is -0.381 e. The van der Waals surface area contributed by atoms with E-state index in [-0.39, 0.29) is 0 Å². The van der Waals surface area contributed by atoms with Crippen LogP contribution in [0.5, 0.6) is 0 Å². The normalized spacial score (nSPS) is 22.2. The SMILES string of the molecule is NNC(Cc1cccc(Br)c1)C1CCOC1. The first kappa shape index (κ1) is 12.0. The lowest BCUT2D eigenvalue weighted by Crippen LogP contribution is -2.42. The fourth-order valence-corrected chi connectivity index (χ4v) is 2.60. The van der Waals surface area contributed by atoms with E-state index < -0.39 is 0 Å². The summed E-state index contributed by atoms with van der Waals surface area (Å²) in [4.78, 5) is 0. The van der Waals surface area contributed by atoms with Crippen molar-refractivity contribution < 1.29 is 4.74 Å². The maximum absolute atomic E-state index is 5.62. The van der Waals surface area contributed by atoms with E-state index in [1.165, 1.54) is 5.56 Å². The molecular formula is C12H17BrN2O. The van der Waals surface area contributed by atoms with Gasteiger partial charge < -0.3 is 4.74 Å². The van der Waals surface area contributed by atoms with Crippen LogP contribution in [0.4, 0.5) is 0 Å². The summed E-state index contributed by atoms with van der Waals surface area (Å²) in [6, 6.07) is 8.66. The molecule has 16 heavy (non-hydrogen) atoms. The third kappa shape index (κ3) is 3.04. The van der Waals surface area contributed by atoms with E-state index in [0.29, 0.717) is 12.0 Å². The molecule has 2 unspecified atom stereocenters. The molecule has 2 rings (SSSR count). The van der Waals surface area contributed by atoms with Crippen molar-refractivity contribution in [1.82, 2.24) is 5.43 Å². The van der Waals surface area contributed by atoms with Crippen molar-refractivity contribution in [2.75, 3.05) is 13.2 Å². The highest BCUT2D eigenvalue weighted by molar-refractivity contribution is 9.10. The Labute approximate surface area is 104 Å². The molecule has 0 radical (unpaired) electrons. The highest BCUT2D eigenvalue weighted by Crippen LogP contribution is 2.20. The third-order valence-corrected chi connectivity index (χ3v) is 3.59. The molecule has 0 aliphatic carbocycles. The third-order valence-electron chi connectivity index (χ3n) is 3.09. The van der Waals surface area contributed by atoms with Crippen molar-refractivity contribution in [3.63, 3.8) is 0 Å². The molecule has 0 saturated carbocycles. The van der Waals surface area contributed by atoms with Crippen LogP contribution in [0.1, 0.15) is 12.0 Å². The summed E-state index contributed by atoms with van der Waals surface area (Å²) in [6.45, 7) is 1.68. The largest absolute Gasteiger partial charge is 0.381 e. The van der Waals surface area contributed by atoms with E-state index in [2.05, 4.69) is 39.6 Å². The standard InChI is InChI=1S/C12H17BrN2O/c13-11-3-1-2-9(6-11)7-12(15-14)10-4-5-16-8-10/h1-3,6,10,12,15H,4-5,7-8,14H2. The zero-order valence-electron chi connectivity index (χ0n) is 9.16. The Morgan fingerprint density at radius 3 is 3.06 bits per heavy atom. The second-order valence-electron chi connectivity index (χ2n) is 4.23. The second kappa shape index (κ2) is 5.77. The van der Waals surface area contributed by atoms with E-state index >= 15 is 0 Å². The molecule has 0 bridgehead atoms. The molecule has 0 aromatic heterocycles. The van der Waals surface area contributed by atoms with Crippen LogP contribution in [-0.4, -0.2) is 19.3 Å². The number of ether oxygens (including phenoxy) is 1. The maximum atomic E-state index is 5.62. The van der Waals surface area contributed by atoms with Gasteiger partial charge in [0, 0.05) is 23.0 Å². The van der Waals surface area contributed by atoms with E-state index in [9.17, 15) is 0 Å². The number of hydrazine groups is 1. The van der Waals surface area contributed by atoms with Gasteiger partial charge in [-0.1, -0.05) is 28.1 Å². The average Bonchev–Trinajstić information content (AvgIpc) is 2.79. The van der Waals surface area contributed by atoms with Crippen molar-refractivity contribution in [2.24, 2.45) is 11.8 Å². The van der Waals surface area contributed by atoms with Gasteiger partial charge in [0.2, 0.25) is 0 Å². The summed E-state index contributed by atoms with van der Waals surface area (Å²) in [5, 5.41) is 0. The Kier molecular flexibility index (Phi) is 4.35. The predicted octanol–water partition coefficient (Wildman–Crippen LogP) is 1.86. The zero-order chi connectivity index (χ0) is 11.4. The number of hydrogen-bond acceptors (Lipinski definition) is 3. The van der Waals surface area contributed by atoms with Crippen molar-refractivity contribution in [1.29, 1.82) is 0 Å². The van der Waals surface area contributed by atoms with Crippen molar-refractivity contribution >= 4 is 15.9 Å². The lowest BCUT2D eigenvalue weighted by molar-refractivity contribution is 0.176. The predicted molar refractivity (Wildman–Crippen MR) is 67.9 cm³/mol. The summed E-state index contributed by atoms with van der Waals surface area (Å²) in [5.74, 6) is 6.15. The molecule has 0 spiro atoms. The number of rotatable bonds is 4. The van der Waals surface area contributed by atoms with Crippen LogP contribution in [0.25, 0.3) is 0 Å². The van der Waals surface area contributed by atoms with Gasteiger partial charge in [0.15, 0.2) is 0 Å². The number of nitrogens with one attached hydrogen (secondary N) is 1. The quantitative estimate of drug-likeness (QED) is 0.655. The van der Waals surface area contributed by atoms with Gasteiger partial charge >= 0.3 is 0 Å². The van der Waals surface area contributed by atoms with Gasteiger partial charge in [-0.05, 0) is 30.5 Å².